The number of fused-ring (bicyclic) bond motifs is 1. The number of hydrogen-bond acceptors (Lipinski definition) is 1. The normalized spacial score (nSPS) is 10.8. The number of rotatable bonds is 1. The van der Waals surface area contributed by atoms with Crippen LogP contribution >= 0.6 is 0 Å². The Hall–Kier alpha value is -1.95. The molecular weight excluding hydrogens is 215 g/mol. The molecule has 0 saturated heterocycles. The van der Waals surface area contributed by atoms with Gasteiger partial charge in [-0.3, -0.25) is 0 Å². The third-order valence-corrected chi connectivity index (χ3v) is 3.04. The molecule has 0 radical (unpaired) electrons. The molecule has 0 spiro atoms. The van der Waals surface area contributed by atoms with Crippen LogP contribution < -0.4 is 4.57 Å². The summed E-state index contributed by atoms with van der Waals surface area (Å²) in [5.41, 5.74) is 1.43. The Morgan fingerprint density at radius 1 is 1.29 bits per heavy atom. The van der Waals surface area contributed by atoms with Gasteiger partial charge < -0.3 is 0 Å². The third kappa shape index (κ3) is 1.76. The van der Waals surface area contributed by atoms with E-state index in [0.29, 0.717) is 11.6 Å². The lowest BCUT2D eigenvalue weighted by Crippen LogP contribution is -2.37. The molecular formula is C14H14FN2+. The van der Waals surface area contributed by atoms with Gasteiger partial charge in [-0.25, -0.2) is 0 Å². The van der Waals surface area contributed by atoms with Crippen molar-refractivity contribution in [1.82, 2.24) is 0 Å². The zero-order valence-electron chi connectivity index (χ0n) is 10.2. The molecule has 2 rings (SSSR count). The maximum atomic E-state index is 13.8. The fourth-order valence-electron chi connectivity index (χ4n) is 2.09. The molecule has 2 nitrogen and oxygen atoms in total. The zero-order valence-corrected chi connectivity index (χ0v) is 10.2. The molecule has 0 aliphatic carbocycles. The van der Waals surface area contributed by atoms with E-state index in [2.05, 4.69) is 19.9 Å². The van der Waals surface area contributed by atoms with Crippen molar-refractivity contribution in [2.75, 3.05) is 0 Å². The highest BCUT2D eigenvalue weighted by molar-refractivity contribution is 5.88. The van der Waals surface area contributed by atoms with Crippen LogP contribution in [0.4, 0.5) is 4.39 Å². The lowest BCUT2D eigenvalue weighted by molar-refractivity contribution is -0.701. The van der Waals surface area contributed by atoms with Crippen LogP contribution in [0.1, 0.15) is 31.0 Å². The molecule has 17 heavy (non-hydrogen) atoms. The maximum Gasteiger partial charge on any atom is 0.361 e. The van der Waals surface area contributed by atoms with Crippen molar-refractivity contribution in [1.29, 1.82) is 5.26 Å². The number of benzene rings is 1. The van der Waals surface area contributed by atoms with E-state index in [0.717, 1.165) is 16.3 Å². The summed E-state index contributed by atoms with van der Waals surface area (Å²) < 4.78 is 15.0. The number of halogens is 1. The second-order valence-corrected chi connectivity index (χ2v) is 4.45. The molecule has 1 aromatic heterocycles. The van der Waals surface area contributed by atoms with Crippen LogP contribution in [0.3, 0.4) is 0 Å². The predicted octanol–water partition coefficient (Wildman–Crippen LogP) is 2.80. The van der Waals surface area contributed by atoms with E-state index in [-0.39, 0.29) is 5.95 Å². The van der Waals surface area contributed by atoms with Crippen LogP contribution in [0.25, 0.3) is 10.8 Å². The van der Waals surface area contributed by atoms with Gasteiger partial charge in [0.05, 0.1) is 11.5 Å². The molecule has 0 saturated carbocycles. The number of hydrogen-bond donors (Lipinski definition) is 0. The minimum absolute atomic E-state index is 0.303. The third-order valence-electron chi connectivity index (χ3n) is 3.04. The summed E-state index contributed by atoms with van der Waals surface area (Å²) in [5, 5.41) is 10.8. The van der Waals surface area contributed by atoms with E-state index in [4.69, 9.17) is 5.26 Å². The monoisotopic (exact) mass is 229 g/mol. The molecule has 3 heteroatoms. The Morgan fingerprint density at radius 2 is 2.00 bits per heavy atom. The Morgan fingerprint density at radius 3 is 2.59 bits per heavy atom. The van der Waals surface area contributed by atoms with Gasteiger partial charge >= 0.3 is 5.95 Å². The first-order valence-electron chi connectivity index (χ1n) is 5.57. The van der Waals surface area contributed by atoms with Gasteiger partial charge in [-0.05, 0) is 17.5 Å². The average molecular weight is 229 g/mol. The van der Waals surface area contributed by atoms with Crippen LogP contribution in [0.15, 0.2) is 24.3 Å². The Labute approximate surface area is 99.9 Å². The van der Waals surface area contributed by atoms with Crippen molar-refractivity contribution in [3.05, 3.63) is 41.5 Å². The van der Waals surface area contributed by atoms with E-state index < -0.39 is 0 Å². The second kappa shape index (κ2) is 4.14. The van der Waals surface area contributed by atoms with Gasteiger partial charge in [0.1, 0.15) is 7.05 Å². The van der Waals surface area contributed by atoms with E-state index in [1.54, 1.807) is 7.05 Å². The van der Waals surface area contributed by atoms with Crippen LogP contribution in [-0.2, 0) is 7.05 Å². The first-order valence-corrected chi connectivity index (χ1v) is 5.57. The topological polar surface area (TPSA) is 27.7 Å². The van der Waals surface area contributed by atoms with Gasteiger partial charge in [0.2, 0.25) is 0 Å². The number of nitrogens with zero attached hydrogens (tertiary/aromatic N) is 2. The fourth-order valence-corrected chi connectivity index (χ4v) is 2.09. The zero-order chi connectivity index (χ0) is 12.6. The van der Waals surface area contributed by atoms with Gasteiger partial charge in [-0.1, -0.05) is 26.0 Å². The van der Waals surface area contributed by atoms with Crippen molar-refractivity contribution in [3.63, 3.8) is 0 Å². The molecule has 1 heterocycles. The highest BCUT2D eigenvalue weighted by Gasteiger charge is 2.19. The first-order chi connectivity index (χ1) is 8.06. The molecule has 0 aliphatic rings. The molecule has 0 aliphatic heterocycles. The van der Waals surface area contributed by atoms with Crippen LogP contribution in [0.5, 0.6) is 0 Å². The largest absolute Gasteiger partial charge is 0.361 e. The summed E-state index contributed by atoms with van der Waals surface area (Å²) in [7, 11) is 1.56. The molecule has 0 N–H and O–H groups in total. The van der Waals surface area contributed by atoms with Gasteiger partial charge in [-0.2, -0.15) is 9.83 Å². The van der Waals surface area contributed by atoms with E-state index in [1.165, 1.54) is 10.6 Å². The standard InChI is InChI=1S/C14H14FN2/c1-9(2)10-5-4-6-11-12(10)7-14(15)17(3)13(11)8-16/h4-7,9H,1-3H3/q+1. The molecule has 0 unspecified atom stereocenters. The van der Waals surface area contributed by atoms with E-state index >= 15 is 0 Å². The van der Waals surface area contributed by atoms with Crippen LogP contribution in [0.2, 0.25) is 0 Å². The lowest BCUT2D eigenvalue weighted by Gasteiger charge is -2.09. The van der Waals surface area contributed by atoms with Crippen molar-refractivity contribution >= 4 is 10.8 Å². The predicted molar refractivity (Wildman–Crippen MR) is 63.9 cm³/mol. The van der Waals surface area contributed by atoms with Crippen LogP contribution in [-0.4, -0.2) is 0 Å². The van der Waals surface area contributed by atoms with Crippen molar-refractivity contribution in [2.45, 2.75) is 19.8 Å². The molecule has 0 atom stereocenters. The Bertz CT molecular complexity index is 624. The quantitative estimate of drug-likeness (QED) is 0.546. The summed E-state index contributed by atoms with van der Waals surface area (Å²) in [5.74, 6) is -0.0838. The van der Waals surface area contributed by atoms with Gasteiger partial charge in [0, 0.05) is 5.39 Å². The molecule has 86 valence electrons. The summed E-state index contributed by atoms with van der Waals surface area (Å²) in [6.07, 6.45) is 0. The fraction of sp³-hybridized carbons (Fsp3) is 0.286. The summed E-state index contributed by atoms with van der Waals surface area (Å²) >= 11 is 0. The second-order valence-electron chi connectivity index (χ2n) is 4.45. The maximum absolute atomic E-state index is 13.8. The number of nitriles is 1. The number of aromatic nitrogens is 1. The molecule has 0 bridgehead atoms. The van der Waals surface area contributed by atoms with Gasteiger partial charge in [0.15, 0.2) is 6.07 Å². The summed E-state index contributed by atoms with van der Waals surface area (Å²) in [6, 6.07) is 9.33. The highest BCUT2D eigenvalue weighted by atomic mass is 19.1. The first kappa shape index (κ1) is 11.5. The Kier molecular flexibility index (Phi) is 2.81. The van der Waals surface area contributed by atoms with E-state index in [1.807, 2.05) is 18.2 Å². The van der Waals surface area contributed by atoms with Crippen molar-refractivity contribution in [2.24, 2.45) is 7.05 Å². The van der Waals surface area contributed by atoms with Gasteiger partial charge in [-0.15, -0.1) is 4.39 Å². The SMILES string of the molecule is CC(C)c1cccc2c(C#N)[n+](C)c(F)cc12. The lowest BCUT2D eigenvalue weighted by atomic mass is 9.96. The average Bonchev–Trinajstić information content (AvgIpc) is 2.30. The minimum Gasteiger partial charge on any atom is -0.186 e. The van der Waals surface area contributed by atoms with Crippen molar-refractivity contribution in [3.8, 4) is 6.07 Å². The minimum atomic E-state index is -0.387. The molecule has 2 aromatic rings. The number of pyridine rings is 1. The summed E-state index contributed by atoms with van der Waals surface area (Å²) in [4.78, 5) is 0. The molecule has 0 amide bonds. The smallest absolute Gasteiger partial charge is 0.186 e. The van der Waals surface area contributed by atoms with Crippen LogP contribution in [0, 0.1) is 17.3 Å². The Balaban J connectivity index is 2.95. The van der Waals surface area contributed by atoms with Crippen molar-refractivity contribution < 1.29 is 8.96 Å². The molecule has 1 aromatic carbocycles. The van der Waals surface area contributed by atoms with E-state index in [9.17, 15) is 4.39 Å². The highest BCUT2D eigenvalue weighted by Crippen LogP contribution is 2.26. The summed E-state index contributed by atoms with van der Waals surface area (Å²) in [6.45, 7) is 4.12. The van der Waals surface area contributed by atoms with Gasteiger partial charge in [0.25, 0.3) is 5.69 Å². The molecule has 0 fully saturated rings.